The van der Waals surface area contributed by atoms with Gasteiger partial charge < -0.3 is 29.2 Å². The highest BCUT2D eigenvalue weighted by atomic mass is 19.4. The van der Waals surface area contributed by atoms with Crippen LogP contribution in [0.2, 0.25) is 0 Å². The number of aromatic amines is 1. The third kappa shape index (κ3) is 4.95. The molecule has 3 aromatic rings. The number of ether oxygens (including phenoxy) is 2. The number of alkyl halides is 3. The lowest BCUT2D eigenvalue weighted by Gasteiger charge is -2.45. The monoisotopic (exact) mass is 588 g/mol. The molecule has 2 aromatic heterocycles. The van der Waals surface area contributed by atoms with Gasteiger partial charge in [0.05, 0.1) is 38.0 Å². The van der Waals surface area contributed by atoms with Crippen molar-refractivity contribution in [3.63, 3.8) is 0 Å². The van der Waals surface area contributed by atoms with E-state index in [4.69, 9.17) is 9.47 Å². The minimum absolute atomic E-state index is 0.0247. The molecule has 2 N–H and O–H groups in total. The zero-order chi connectivity index (χ0) is 30.4. The van der Waals surface area contributed by atoms with Crippen molar-refractivity contribution in [2.75, 3.05) is 33.4 Å². The maximum absolute atomic E-state index is 13.7. The van der Waals surface area contributed by atoms with Crippen molar-refractivity contribution < 1.29 is 32.2 Å². The first kappa shape index (κ1) is 29.7. The van der Waals surface area contributed by atoms with Gasteiger partial charge in [0.1, 0.15) is 5.75 Å². The number of para-hydroxylation sites is 1. The molecule has 0 spiro atoms. The number of pyridine rings is 1. The largest absolute Gasteiger partial charge is 0.496 e. The molecule has 9 nitrogen and oxygen atoms in total. The fourth-order valence-corrected chi connectivity index (χ4v) is 6.31. The number of benzene rings is 1. The molecule has 2 saturated heterocycles. The van der Waals surface area contributed by atoms with E-state index >= 15 is 0 Å². The number of amides is 2. The van der Waals surface area contributed by atoms with Crippen molar-refractivity contribution in [1.82, 2.24) is 19.8 Å². The van der Waals surface area contributed by atoms with Gasteiger partial charge in [-0.1, -0.05) is 18.2 Å². The number of piperidine rings is 1. The van der Waals surface area contributed by atoms with Crippen LogP contribution in [0.4, 0.5) is 13.2 Å². The average molecular weight is 589 g/mol. The van der Waals surface area contributed by atoms with Crippen LogP contribution in [0.25, 0.3) is 10.9 Å². The second kappa shape index (κ2) is 11.1. The molecule has 2 aliphatic heterocycles. The highest BCUT2D eigenvalue weighted by Crippen LogP contribution is 2.46. The lowest BCUT2D eigenvalue weighted by atomic mass is 9.81. The van der Waals surface area contributed by atoms with Crippen molar-refractivity contribution in [3.8, 4) is 5.75 Å². The smallest absolute Gasteiger partial charge is 0.407 e. The van der Waals surface area contributed by atoms with Crippen molar-refractivity contribution in [2.45, 2.75) is 52.4 Å². The zero-order valence-corrected chi connectivity index (χ0v) is 24.1. The number of hydrogen-bond donors (Lipinski definition) is 2. The Labute approximate surface area is 241 Å². The lowest BCUT2D eigenvalue weighted by molar-refractivity contribution is -0.293. The van der Waals surface area contributed by atoms with Crippen LogP contribution in [0.15, 0.2) is 35.1 Å². The van der Waals surface area contributed by atoms with E-state index in [9.17, 15) is 27.6 Å². The van der Waals surface area contributed by atoms with Crippen LogP contribution in [-0.4, -0.2) is 65.9 Å². The molecule has 4 heterocycles. The predicted molar refractivity (Wildman–Crippen MR) is 150 cm³/mol. The Bertz CT molecular complexity index is 1570. The number of carbonyl (C=O) groups is 2. The molecule has 1 unspecified atom stereocenters. The molecule has 5 rings (SSSR count). The lowest BCUT2D eigenvalue weighted by Crippen LogP contribution is -2.63. The summed E-state index contributed by atoms with van der Waals surface area (Å²) in [6.07, 6.45) is -3.58. The Kier molecular flexibility index (Phi) is 7.86. The number of fused-ring (bicyclic) bond motifs is 1. The summed E-state index contributed by atoms with van der Waals surface area (Å²) in [4.78, 5) is 43.0. The normalized spacial score (nSPS) is 18.0. The number of carbonyl (C=O) groups excluding carboxylic acids is 2. The summed E-state index contributed by atoms with van der Waals surface area (Å²) in [5.74, 6) is -0.773. The fraction of sp³-hybridized carbons (Fsp3) is 0.500. The molecular weight excluding hydrogens is 553 g/mol. The third-order valence-corrected chi connectivity index (χ3v) is 8.82. The summed E-state index contributed by atoms with van der Waals surface area (Å²) < 4.78 is 53.3. The number of nitrogens with zero attached hydrogens (tertiary/aromatic N) is 2. The molecule has 0 bridgehead atoms. The first-order chi connectivity index (χ1) is 19.9. The van der Waals surface area contributed by atoms with Gasteiger partial charge >= 0.3 is 6.18 Å². The Hall–Kier alpha value is -3.80. The van der Waals surface area contributed by atoms with Crippen molar-refractivity contribution in [3.05, 3.63) is 63.2 Å². The van der Waals surface area contributed by atoms with Crippen LogP contribution in [0.5, 0.6) is 5.75 Å². The van der Waals surface area contributed by atoms with Crippen molar-refractivity contribution >= 4 is 22.7 Å². The van der Waals surface area contributed by atoms with Crippen LogP contribution in [0.3, 0.4) is 0 Å². The highest BCUT2D eigenvalue weighted by Gasteiger charge is 2.66. The average Bonchev–Trinajstić information content (AvgIpc) is 3.21. The highest BCUT2D eigenvalue weighted by molar-refractivity contribution is 6.08. The standard InChI is InChI=1S/C30H35F3N4O5/c1-17-13-24(41-4)22(26(38)35-17)14-34-27(39)25-19(3)37(23-8-6-5-7-21(23)25)18(2)20-9-11-36(12-10-20)28(40)29(15-42-16-29)30(31,32)33/h5-8,13,18,20H,9-12,14-16H2,1-4H3,(H,34,39)(H,35,38). The van der Waals surface area contributed by atoms with Gasteiger partial charge in [0.2, 0.25) is 5.91 Å². The molecular formula is C30H35F3N4O5. The first-order valence-corrected chi connectivity index (χ1v) is 14.0. The van der Waals surface area contributed by atoms with Crippen LogP contribution in [0, 0.1) is 25.2 Å². The molecule has 2 fully saturated rings. The van der Waals surface area contributed by atoms with E-state index in [-0.39, 0.29) is 43.1 Å². The van der Waals surface area contributed by atoms with Gasteiger partial charge in [-0.25, -0.2) is 0 Å². The minimum Gasteiger partial charge on any atom is -0.496 e. The molecule has 2 amide bonds. The maximum atomic E-state index is 13.7. The van der Waals surface area contributed by atoms with Crippen molar-refractivity contribution in [2.24, 2.45) is 11.3 Å². The van der Waals surface area contributed by atoms with Crippen LogP contribution in [0.1, 0.15) is 53.1 Å². The summed E-state index contributed by atoms with van der Waals surface area (Å²) in [6, 6.07) is 9.17. The number of rotatable bonds is 7. The van der Waals surface area contributed by atoms with E-state index in [1.165, 1.54) is 12.0 Å². The second-order valence-corrected chi connectivity index (χ2v) is 11.3. The number of methoxy groups -OCH3 is 1. The van der Waals surface area contributed by atoms with E-state index in [1.807, 2.05) is 38.1 Å². The predicted octanol–water partition coefficient (Wildman–Crippen LogP) is 4.26. The molecule has 2 aliphatic rings. The van der Waals surface area contributed by atoms with Gasteiger partial charge in [0.15, 0.2) is 5.41 Å². The summed E-state index contributed by atoms with van der Waals surface area (Å²) in [5, 5.41) is 3.63. The summed E-state index contributed by atoms with van der Waals surface area (Å²) in [5.41, 5.74) is 0.279. The minimum atomic E-state index is -4.65. The van der Waals surface area contributed by atoms with Crippen LogP contribution >= 0.6 is 0 Å². The van der Waals surface area contributed by atoms with Gasteiger partial charge in [-0.15, -0.1) is 0 Å². The van der Waals surface area contributed by atoms with Gasteiger partial charge in [0, 0.05) is 41.4 Å². The number of likely N-dealkylation sites (tertiary alicyclic amines) is 1. The maximum Gasteiger partial charge on any atom is 0.407 e. The van der Waals surface area contributed by atoms with E-state index < -0.39 is 30.7 Å². The Balaban J connectivity index is 1.35. The van der Waals surface area contributed by atoms with Gasteiger partial charge in [0.25, 0.3) is 11.5 Å². The molecule has 0 aliphatic carbocycles. The number of aromatic nitrogens is 2. The van der Waals surface area contributed by atoms with E-state index in [2.05, 4.69) is 14.9 Å². The van der Waals surface area contributed by atoms with Crippen LogP contribution < -0.4 is 15.6 Å². The quantitative estimate of drug-likeness (QED) is 0.429. The summed E-state index contributed by atoms with van der Waals surface area (Å²) in [6.45, 7) is 4.82. The fourth-order valence-electron chi connectivity index (χ4n) is 6.31. The number of aryl methyl sites for hydroxylation is 1. The molecule has 0 saturated carbocycles. The first-order valence-electron chi connectivity index (χ1n) is 14.0. The summed E-state index contributed by atoms with van der Waals surface area (Å²) >= 11 is 0. The number of H-pyrrole nitrogens is 1. The second-order valence-electron chi connectivity index (χ2n) is 11.3. The molecule has 12 heteroatoms. The Morgan fingerprint density at radius 2 is 1.86 bits per heavy atom. The van der Waals surface area contributed by atoms with E-state index in [1.54, 1.807) is 13.0 Å². The summed E-state index contributed by atoms with van der Waals surface area (Å²) in [7, 11) is 1.47. The Morgan fingerprint density at radius 3 is 2.45 bits per heavy atom. The molecule has 42 heavy (non-hydrogen) atoms. The van der Waals surface area contributed by atoms with Gasteiger partial charge in [-0.2, -0.15) is 13.2 Å². The van der Waals surface area contributed by atoms with Crippen molar-refractivity contribution in [1.29, 1.82) is 0 Å². The number of halogens is 3. The third-order valence-electron chi connectivity index (χ3n) is 8.82. The molecule has 226 valence electrons. The molecule has 1 atom stereocenters. The van der Waals surface area contributed by atoms with E-state index in [0.717, 1.165) is 16.6 Å². The Morgan fingerprint density at radius 1 is 1.19 bits per heavy atom. The number of hydrogen-bond acceptors (Lipinski definition) is 5. The zero-order valence-electron chi connectivity index (χ0n) is 24.1. The topological polar surface area (TPSA) is 106 Å². The van der Waals surface area contributed by atoms with Gasteiger partial charge in [-0.3, -0.25) is 14.4 Å². The van der Waals surface area contributed by atoms with Gasteiger partial charge in [-0.05, 0) is 51.7 Å². The SMILES string of the molecule is COc1cc(C)[nH]c(=O)c1CNC(=O)c1c(C)n(C(C)C2CCN(C(=O)C3(C(F)(F)F)COC3)CC2)c2ccccc12. The molecule has 0 radical (unpaired) electrons. The van der Waals surface area contributed by atoms with Crippen LogP contribution in [-0.2, 0) is 16.1 Å². The number of nitrogens with one attached hydrogen (secondary N) is 2. The molecule has 1 aromatic carbocycles. The van der Waals surface area contributed by atoms with E-state index in [0.29, 0.717) is 35.4 Å².